The van der Waals surface area contributed by atoms with Gasteiger partial charge in [-0.15, -0.1) is 0 Å². The third-order valence-electron chi connectivity index (χ3n) is 2.46. The number of Topliss-reactive ketones (excluding diaryl/α,β-unsaturated/α-hetero) is 1. The molecule has 0 heterocycles. The van der Waals surface area contributed by atoms with E-state index in [0.29, 0.717) is 0 Å². The normalized spacial score (nSPS) is 15.6. The van der Waals surface area contributed by atoms with E-state index in [1.807, 2.05) is 0 Å². The van der Waals surface area contributed by atoms with Crippen LogP contribution in [0.4, 0.5) is 8.78 Å². The van der Waals surface area contributed by atoms with Crippen molar-refractivity contribution in [2.45, 2.75) is 19.8 Å². The van der Waals surface area contributed by atoms with Crippen molar-refractivity contribution < 1.29 is 13.6 Å². The molecule has 0 atom stereocenters. The summed E-state index contributed by atoms with van der Waals surface area (Å²) in [6.07, 6.45) is 1.60. The van der Waals surface area contributed by atoms with Gasteiger partial charge in [-0.05, 0) is 37.5 Å². The van der Waals surface area contributed by atoms with Crippen LogP contribution in [0.25, 0.3) is 0 Å². The Bertz CT molecular complexity index is 395. The van der Waals surface area contributed by atoms with Crippen LogP contribution in [-0.2, 0) is 0 Å². The van der Waals surface area contributed by atoms with Crippen molar-refractivity contribution in [1.29, 1.82) is 0 Å². The largest absolute Gasteiger partial charge is 0.294 e. The summed E-state index contributed by atoms with van der Waals surface area (Å²) in [7, 11) is 0. The topological polar surface area (TPSA) is 17.1 Å². The Hall–Kier alpha value is -1.25. The SMILES string of the molecule is Cc1cc(F)c(C(=O)C2CC2)cc1F. The molecule has 1 nitrogen and oxygen atoms in total. The van der Waals surface area contributed by atoms with Crippen molar-refractivity contribution in [3.8, 4) is 0 Å². The average Bonchev–Trinajstić information content (AvgIpc) is 2.93. The van der Waals surface area contributed by atoms with E-state index in [1.54, 1.807) is 0 Å². The second kappa shape index (κ2) is 3.15. The van der Waals surface area contributed by atoms with Gasteiger partial charge in [0.1, 0.15) is 11.6 Å². The number of halogens is 2. The molecule has 0 spiro atoms. The summed E-state index contributed by atoms with van der Waals surface area (Å²) in [5, 5.41) is 0. The number of hydrogen-bond acceptors (Lipinski definition) is 1. The standard InChI is InChI=1S/C11H10F2O/c1-6-4-10(13)8(5-9(6)12)11(14)7-2-3-7/h4-5,7H,2-3H2,1H3. The molecule has 1 aliphatic rings. The zero-order chi connectivity index (χ0) is 10.3. The highest BCUT2D eigenvalue weighted by atomic mass is 19.1. The van der Waals surface area contributed by atoms with Crippen LogP contribution in [0, 0.1) is 24.5 Å². The number of hydrogen-bond donors (Lipinski definition) is 0. The summed E-state index contributed by atoms with van der Waals surface area (Å²) in [4.78, 5) is 11.5. The minimum atomic E-state index is -0.610. The van der Waals surface area contributed by atoms with Crippen molar-refractivity contribution in [3.63, 3.8) is 0 Å². The average molecular weight is 196 g/mol. The van der Waals surface area contributed by atoms with E-state index >= 15 is 0 Å². The van der Waals surface area contributed by atoms with Crippen LogP contribution >= 0.6 is 0 Å². The van der Waals surface area contributed by atoms with Gasteiger partial charge in [0.2, 0.25) is 0 Å². The zero-order valence-electron chi connectivity index (χ0n) is 7.81. The summed E-state index contributed by atoms with van der Waals surface area (Å²) in [6, 6.07) is 2.08. The quantitative estimate of drug-likeness (QED) is 0.665. The molecular formula is C11H10F2O. The first kappa shape index (κ1) is 9.31. The van der Waals surface area contributed by atoms with Gasteiger partial charge < -0.3 is 0 Å². The van der Waals surface area contributed by atoms with Crippen LogP contribution in [0.2, 0.25) is 0 Å². The number of benzene rings is 1. The number of carbonyl (C=O) groups is 1. The van der Waals surface area contributed by atoms with E-state index in [4.69, 9.17) is 0 Å². The zero-order valence-corrected chi connectivity index (χ0v) is 7.81. The molecule has 0 unspecified atom stereocenters. The molecule has 1 aliphatic carbocycles. The lowest BCUT2D eigenvalue weighted by Gasteiger charge is -2.03. The van der Waals surface area contributed by atoms with E-state index in [0.717, 1.165) is 25.0 Å². The van der Waals surface area contributed by atoms with Crippen LogP contribution in [0.3, 0.4) is 0 Å². The van der Waals surface area contributed by atoms with Gasteiger partial charge in [0.05, 0.1) is 5.56 Å². The molecular weight excluding hydrogens is 186 g/mol. The maximum Gasteiger partial charge on any atom is 0.168 e. The summed E-state index contributed by atoms with van der Waals surface area (Å²) in [5.74, 6) is -1.47. The third kappa shape index (κ3) is 1.54. The van der Waals surface area contributed by atoms with Crippen LogP contribution in [-0.4, -0.2) is 5.78 Å². The van der Waals surface area contributed by atoms with E-state index < -0.39 is 11.6 Å². The lowest BCUT2D eigenvalue weighted by molar-refractivity contribution is 0.0963. The van der Waals surface area contributed by atoms with Crippen LogP contribution in [0.15, 0.2) is 12.1 Å². The molecule has 1 fully saturated rings. The highest BCUT2D eigenvalue weighted by molar-refractivity contribution is 5.99. The molecule has 0 aromatic heterocycles. The Kier molecular flexibility index (Phi) is 2.10. The van der Waals surface area contributed by atoms with Gasteiger partial charge in [-0.1, -0.05) is 0 Å². The summed E-state index contributed by atoms with van der Waals surface area (Å²) in [6.45, 7) is 1.48. The Morgan fingerprint density at radius 1 is 1.29 bits per heavy atom. The van der Waals surface area contributed by atoms with Gasteiger partial charge in [0.25, 0.3) is 0 Å². The molecule has 0 aliphatic heterocycles. The fourth-order valence-corrected chi connectivity index (χ4v) is 1.40. The van der Waals surface area contributed by atoms with Crippen LogP contribution in [0.1, 0.15) is 28.8 Å². The van der Waals surface area contributed by atoms with Crippen molar-refractivity contribution >= 4 is 5.78 Å². The van der Waals surface area contributed by atoms with E-state index in [1.165, 1.54) is 6.92 Å². The number of aryl methyl sites for hydroxylation is 1. The molecule has 74 valence electrons. The maximum absolute atomic E-state index is 13.3. The lowest BCUT2D eigenvalue weighted by atomic mass is 10.0. The highest BCUT2D eigenvalue weighted by Crippen LogP contribution is 2.33. The van der Waals surface area contributed by atoms with Crippen molar-refractivity contribution in [2.24, 2.45) is 5.92 Å². The molecule has 0 N–H and O–H groups in total. The second-order valence-corrected chi connectivity index (χ2v) is 3.72. The Morgan fingerprint density at radius 3 is 2.50 bits per heavy atom. The fraction of sp³-hybridized carbons (Fsp3) is 0.364. The van der Waals surface area contributed by atoms with Crippen LogP contribution in [0.5, 0.6) is 0 Å². The predicted octanol–water partition coefficient (Wildman–Crippen LogP) is 2.87. The third-order valence-corrected chi connectivity index (χ3v) is 2.46. The van der Waals surface area contributed by atoms with Gasteiger partial charge in [-0.2, -0.15) is 0 Å². The number of rotatable bonds is 2. The molecule has 1 aromatic rings. The molecule has 0 amide bonds. The second-order valence-electron chi connectivity index (χ2n) is 3.72. The number of ketones is 1. The van der Waals surface area contributed by atoms with Gasteiger partial charge in [-0.25, -0.2) is 8.78 Å². The maximum atomic E-state index is 13.3. The fourth-order valence-electron chi connectivity index (χ4n) is 1.40. The smallest absolute Gasteiger partial charge is 0.168 e. The molecule has 1 aromatic carbocycles. The first-order chi connectivity index (χ1) is 6.59. The Balaban J connectivity index is 2.41. The van der Waals surface area contributed by atoms with Crippen molar-refractivity contribution in [3.05, 3.63) is 34.9 Å². The van der Waals surface area contributed by atoms with E-state index in [-0.39, 0.29) is 22.8 Å². The molecule has 3 heteroatoms. The Labute approximate surface area is 80.7 Å². The van der Waals surface area contributed by atoms with Gasteiger partial charge in [-0.3, -0.25) is 4.79 Å². The first-order valence-corrected chi connectivity index (χ1v) is 4.59. The van der Waals surface area contributed by atoms with Gasteiger partial charge >= 0.3 is 0 Å². The van der Waals surface area contributed by atoms with E-state index in [9.17, 15) is 13.6 Å². The van der Waals surface area contributed by atoms with Gasteiger partial charge in [0.15, 0.2) is 5.78 Å². The predicted molar refractivity (Wildman–Crippen MR) is 48.1 cm³/mol. The minimum absolute atomic E-state index is 0.0772. The number of carbonyl (C=O) groups excluding carboxylic acids is 1. The molecule has 14 heavy (non-hydrogen) atoms. The van der Waals surface area contributed by atoms with Crippen molar-refractivity contribution in [2.75, 3.05) is 0 Å². The monoisotopic (exact) mass is 196 g/mol. The van der Waals surface area contributed by atoms with Gasteiger partial charge in [0, 0.05) is 5.92 Å². The molecule has 0 bridgehead atoms. The molecule has 2 rings (SSSR count). The van der Waals surface area contributed by atoms with Crippen molar-refractivity contribution in [1.82, 2.24) is 0 Å². The Morgan fingerprint density at radius 2 is 1.93 bits per heavy atom. The molecule has 0 radical (unpaired) electrons. The first-order valence-electron chi connectivity index (χ1n) is 4.59. The summed E-state index contributed by atoms with van der Waals surface area (Å²) >= 11 is 0. The molecule has 0 saturated heterocycles. The molecule has 1 saturated carbocycles. The minimum Gasteiger partial charge on any atom is -0.294 e. The van der Waals surface area contributed by atoms with Crippen LogP contribution < -0.4 is 0 Å². The summed E-state index contributed by atoms with van der Waals surface area (Å²) in [5.41, 5.74) is 0.130. The highest BCUT2D eigenvalue weighted by Gasteiger charge is 2.32. The summed E-state index contributed by atoms with van der Waals surface area (Å²) < 4.78 is 26.4. The van der Waals surface area contributed by atoms with E-state index in [2.05, 4.69) is 0 Å². The lowest BCUT2D eigenvalue weighted by Crippen LogP contribution is -2.06.